The van der Waals surface area contributed by atoms with Gasteiger partial charge in [-0.3, -0.25) is 9.59 Å². The molecule has 2 N–H and O–H groups in total. The minimum absolute atomic E-state index is 0. The SMILES string of the molecule is Cl.NCC(=O)N1CCN(C(=O)Cc2ccc(Cl)cc2)CC1. The molecule has 1 aromatic rings. The van der Waals surface area contributed by atoms with Crippen LogP contribution in [0.4, 0.5) is 0 Å². The van der Waals surface area contributed by atoms with Crippen molar-refractivity contribution in [3.63, 3.8) is 0 Å². The van der Waals surface area contributed by atoms with Crippen molar-refractivity contribution in [3.8, 4) is 0 Å². The summed E-state index contributed by atoms with van der Waals surface area (Å²) in [5, 5.41) is 0.662. The predicted octanol–water partition coefficient (Wildman–Crippen LogP) is 0.934. The highest BCUT2D eigenvalue weighted by atomic mass is 35.5. The molecule has 21 heavy (non-hydrogen) atoms. The van der Waals surface area contributed by atoms with E-state index in [1.807, 2.05) is 12.1 Å². The molecule has 1 fully saturated rings. The molecular formula is C14H19Cl2N3O2. The van der Waals surface area contributed by atoms with Gasteiger partial charge in [-0.1, -0.05) is 23.7 Å². The molecule has 1 saturated heterocycles. The average Bonchev–Trinajstić information content (AvgIpc) is 2.49. The Morgan fingerprint density at radius 3 is 1.95 bits per heavy atom. The zero-order valence-electron chi connectivity index (χ0n) is 11.6. The maximum atomic E-state index is 12.2. The van der Waals surface area contributed by atoms with Crippen molar-refractivity contribution < 1.29 is 9.59 Å². The van der Waals surface area contributed by atoms with Gasteiger partial charge in [0.15, 0.2) is 0 Å². The molecule has 1 aromatic carbocycles. The van der Waals surface area contributed by atoms with Gasteiger partial charge in [0.1, 0.15) is 0 Å². The monoisotopic (exact) mass is 331 g/mol. The Labute approximate surface area is 135 Å². The zero-order chi connectivity index (χ0) is 14.5. The number of nitrogens with zero attached hydrogens (tertiary/aromatic N) is 2. The average molecular weight is 332 g/mol. The first kappa shape index (κ1) is 17.8. The summed E-state index contributed by atoms with van der Waals surface area (Å²) in [5.74, 6) is 0.0157. The summed E-state index contributed by atoms with van der Waals surface area (Å²) >= 11 is 5.81. The minimum Gasteiger partial charge on any atom is -0.339 e. The zero-order valence-corrected chi connectivity index (χ0v) is 13.2. The molecule has 0 bridgehead atoms. The van der Waals surface area contributed by atoms with Gasteiger partial charge in [-0.05, 0) is 17.7 Å². The lowest BCUT2D eigenvalue weighted by Crippen LogP contribution is -2.52. The Kier molecular flexibility index (Phi) is 6.95. The third-order valence-corrected chi connectivity index (χ3v) is 3.68. The third kappa shape index (κ3) is 4.88. The molecule has 0 aromatic heterocycles. The number of hydrogen-bond donors (Lipinski definition) is 1. The molecule has 0 saturated carbocycles. The van der Waals surface area contributed by atoms with Crippen LogP contribution < -0.4 is 5.73 Å². The molecule has 1 aliphatic heterocycles. The number of hydrogen-bond acceptors (Lipinski definition) is 3. The van der Waals surface area contributed by atoms with Crippen molar-refractivity contribution in [1.82, 2.24) is 9.80 Å². The molecule has 5 nitrogen and oxygen atoms in total. The second-order valence-electron chi connectivity index (χ2n) is 4.77. The third-order valence-electron chi connectivity index (χ3n) is 3.43. The molecule has 0 radical (unpaired) electrons. The van der Waals surface area contributed by atoms with Gasteiger partial charge in [-0.15, -0.1) is 12.4 Å². The van der Waals surface area contributed by atoms with E-state index < -0.39 is 0 Å². The van der Waals surface area contributed by atoms with Crippen LogP contribution in [0.5, 0.6) is 0 Å². The van der Waals surface area contributed by atoms with Gasteiger partial charge in [0.05, 0.1) is 13.0 Å². The van der Waals surface area contributed by atoms with Crippen LogP contribution in [0.2, 0.25) is 5.02 Å². The van der Waals surface area contributed by atoms with Crippen LogP contribution in [0.25, 0.3) is 0 Å². The van der Waals surface area contributed by atoms with E-state index in [1.54, 1.807) is 21.9 Å². The summed E-state index contributed by atoms with van der Waals surface area (Å²) in [6.45, 7) is 2.28. The molecule has 0 spiro atoms. The number of piperazine rings is 1. The Bertz CT molecular complexity index is 485. The van der Waals surface area contributed by atoms with E-state index in [0.717, 1.165) is 5.56 Å². The lowest BCUT2D eigenvalue weighted by atomic mass is 10.1. The normalized spacial score (nSPS) is 14.6. The number of carbonyl (C=O) groups is 2. The molecule has 7 heteroatoms. The summed E-state index contributed by atoms with van der Waals surface area (Å²) in [4.78, 5) is 27.1. The van der Waals surface area contributed by atoms with Gasteiger partial charge in [-0.25, -0.2) is 0 Å². The second kappa shape index (κ2) is 8.22. The van der Waals surface area contributed by atoms with Gasteiger partial charge in [0.25, 0.3) is 0 Å². The van der Waals surface area contributed by atoms with E-state index in [2.05, 4.69) is 0 Å². The highest BCUT2D eigenvalue weighted by molar-refractivity contribution is 6.30. The Morgan fingerprint density at radius 1 is 1.00 bits per heavy atom. The molecule has 2 amide bonds. The maximum Gasteiger partial charge on any atom is 0.236 e. The minimum atomic E-state index is -0.0604. The van der Waals surface area contributed by atoms with Crippen molar-refractivity contribution in [2.24, 2.45) is 5.73 Å². The molecule has 1 heterocycles. The molecule has 0 unspecified atom stereocenters. The lowest BCUT2D eigenvalue weighted by Gasteiger charge is -2.34. The van der Waals surface area contributed by atoms with Gasteiger partial charge in [0, 0.05) is 31.2 Å². The largest absolute Gasteiger partial charge is 0.339 e. The fourth-order valence-corrected chi connectivity index (χ4v) is 2.35. The van der Waals surface area contributed by atoms with E-state index in [1.165, 1.54) is 0 Å². The van der Waals surface area contributed by atoms with E-state index in [4.69, 9.17) is 17.3 Å². The molecule has 1 aliphatic rings. The van der Waals surface area contributed by atoms with Crippen molar-refractivity contribution in [2.75, 3.05) is 32.7 Å². The smallest absolute Gasteiger partial charge is 0.236 e. The Balaban J connectivity index is 0.00000220. The summed E-state index contributed by atoms with van der Waals surface area (Å²) in [5.41, 5.74) is 6.27. The number of carbonyl (C=O) groups excluding carboxylic acids is 2. The highest BCUT2D eigenvalue weighted by Crippen LogP contribution is 2.11. The van der Waals surface area contributed by atoms with Crippen LogP contribution in [-0.4, -0.2) is 54.3 Å². The van der Waals surface area contributed by atoms with E-state index >= 15 is 0 Å². The first-order chi connectivity index (χ1) is 9.60. The van der Waals surface area contributed by atoms with Crippen LogP contribution >= 0.6 is 24.0 Å². The van der Waals surface area contributed by atoms with E-state index in [-0.39, 0.29) is 30.8 Å². The summed E-state index contributed by atoms with van der Waals surface area (Å²) in [6.07, 6.45) is 0.363. The second-order valence-corrected chi connectivity index (χ2v) is 5.21. The van der Waals surface area contributed by atoms with Crippen LogP contribution in [0, 0.1) is 0 Å². The van der Waals surface area contributed by atoms with E-state index in [0.29, 0.717) is 37.6 Å². The van der Waals surface area contributed by atoms with Gasteiger partial charge in [0.2, 0.25) is 11.8 Å². The lowest BCUT2D eigenvalue weighted by molar-refractivity contribution is -0.138. The number of nitrogens with two attached hydrogens (primary N) is 1. The van der Waals surface area contributed by atoms with Crippen molar-refractivity contribution >= 4 is 35.8 Å². The first-order valence-electron chi connectivity index (χ1n) is 6.60. The fraction of sp³-hybridized carbons (Fsp3) is 0.429. The van der Waals surface area contributed by atoms with Gasteiger partial charge in [-0.2, -0.15) is 0 Å². The number of amides is 2. The number of rotatable bonds is 3. The molecule has 0 atom stereocenters. The molecule has 116 valence electrons. The van der Waals surface area contributed by atoms with Crippen molar-refractivity contribution in [1.29, 1.82) is 0 Å². The number of benzene rings is 1. The van der Waals surface area contributed by atoms with Gasteiger partial charge >= 0.3 is 0 Å². The molecule has 0 aliphatic carbocycles. The Hall–Kier alpha value is -1.30. The first-order valence-corrected chi connectivity index (χ1v) is 6.98. The topological polar surface area (TPSA) is 66.6 Å². The summed E-state index contributed by atoms with van der Waals surface area (Å²) < 4.78 is 0. The van der Waals surface area contributed by atoms with E-state index in [9.17, 15) is 9.59 Å². The number of halogens is 2. The predicted molar refractivity (Wildman–Crippen MR) is 84.6 cm³/mol. The van der Waals surface area contributed by atoms with Crippen LogP contribution in [-0.2, 0) is 16.0 Å². The summed E-state index contributed by atoms with van der Waals surface area (Å²) in [7, 11) is 0. The quantitative estimate of drug-likeness (QED) is 0.896. The summed E-state index contributed by atoms with van der Waals surface area (Å²) in [6, 6.07) is 7.27. The molecular weight excluding hydrogens is 313 g/mol. The molecule has 2 rings (SSSR count). The van der Waals surface area contributed by atoms with Crippen molar-refractivity contribution in [2.45, 2.75) is 6.42 Å². The van der Waals surface area contributed by atoms with Gasteiger partial charge < -0.3 is 15.5 Å². The van der Waals surface area contributed by atoms with Crippen molar-refractivity contribution in [3.05, 3.63) is 34.9 Å². The van der Waals surface area contributed by atoms with Crippen LogP contribution in [0.1, 0.15) is 5.56 Å². The maximum absolute atomic E-state index is 12.2. The highest BCUT2D eigenvalue weighted by Gasteiger charge is 2.23. The van der Waals surface area contributed by atoms with Crippen LogP contribution in [0.3, 0.4) is 0 Å². The standard InChI is InChI=1S/C14H18ClN3O2.ClH/c15-12-3-1-11(2-4-12)9-13(19)17-5-7-18(8-6-17)14(20)10-16;/h1-4H,5-10,16H2;1H. The Morgan fingerprint density at radius 2 is 1.48 bits per heavy atom. The fourth-order valence-electron chi connectivity index (χ4n) is 2.22. The van der Waals surface area contributed by atoms with Crippen LogP contribution in [0.15, 0.2) is 24.3 Å².